The van der Waals surface area contributed by atoms with Crippen molar-refractivity contribution in [2.45, 2.75) is 32.4 Å². The number of nitrogens with zero attached hydrogens (tertiary/aromatic N) is 2. The zero-order valence-corrected chi connectivity index (χ0v) is 10.4. The van der Waals surface area contributed by atoms with Crippen LogP contribution in [0.15, 0.2) is 0 Å². The maximum Gasteiger partial charge on any atom is 0.202 e. The Hall–Kier alpha value is -0.720. The molecule has 0 bridgehead atoms. The minimum absolute atomic E-state index is 0.243. The molecule has 0 spiro atoms. The Morgan fingerprint density at radius 3 is 3.19 bits per heavy atom. The van der Waals surface area contributed by atoms with Gasteiger partial charge in [0.2, 0.25) is 5.13 Å². The highest BCUT2D eigenvalue weighted by Crippen LogP contribution is 2.13. The maximum atomic E-state index is 5.71. The Bertz CT molecular complexity index is 326. The van der Waals surface area contributed by atoms with Gasteiger partial charge in [0, 0.05) is 24.2 Å². The monoisotopic (exact) mass is 243 g/mol. The lowest BCUT2D eigenvalue weighted by atomic mass is 10.3. The summed E-state index contributed by atoms with van der Waals surface area (Å²) in [5, 5.41) is 4.12. The molecule has 5 nitrogen and oxygen atoms in total. The third-order valence-corrected chi connectivity index (χ3v) is 3.10. The average Bonchev–Trinajstić information content (AvgIpc) is 2.87. The fourth-order valence-electron chi connectivity index (χ4n) is 1.53. The first kappa shape index (κ1) is 11.8. The van der Waals surface area contributed by atoms with Crippen molar-refractivity contribution >= 4 is 16.7 Å². The van der Waals surface area contributed by atoms with Gasteiger partial charge in [-0.25, -0.2) is 4.98 Å². The van der Waals surface area contributed by atoms with Gasteiger partial charge < -0.3 is 14.8 Å². The van der Waals surface area contributed by atoms with Gasteiger partial charge in [-0.1, -0.05) is 0 Å². The Balaban J connectivity index is 1.69. The van der Waals surface area contributed by atoms with Gasteiger partial charge in [-0.3, -0.25) is 0 Å². The van der Waals surface area contributed by atoms with Crippen LogP contribution in [0.3, 0.4) is 0 Å². The maximum absolute atomic E-state index is 5.71. The molecule has 0 aromatic carbocycles. The molecule has 2 unspecified atom stereocenters. The van der Waals surface area contributed by atoms with Gasteiger partial charge in [0.05, 0.1) is 19.3 Å². The SMILES string of the molecule is Cc1nsc(NC(C)COC2CCOC2)n1. The largest absolute Gasteiger partial charge is 0.379 e. The van der Waals surface area contributed by atoms with E-state index < -0.39 is 0 Å². The summed E-state index contributed by atoms with van der Waals surface area (Å²) in [5.41, 5.74) is 0. The highest BCUT2D eigenvalue weighted by atomic mass is 32.1. The predicted octanol–water partition coefficient (Wildman–Crippen LogP) is 1.45. The molecular weight excluding hydrogens is 226 g/mol. The van der Waals surface area contributed by atoms with Crippen molar-refractivity contribution in [2.24, 2.45) is 0 Å². The molecule has 1 N–H and O–H groups in total. The van der Waals surface area contributed by atoms with Crippen LogP contribution in [-0.2, 0) is 9.47 Å². The first-order valence-electron chi connectivity index (χ1n) is 5.50. The standard InChI is InChI=1S/C10H17N3O2S/c1-7(5-15-9-3-4-14-6-9)11-10-12-8(2)13-16-10/h7,9H,3-6H2,1-2H3,(H,11,12,13). The van der Waals surface area contributed by atoms with E-state index in [4.69, 9.17) is 9.47 Å². The van der Waals surface area contributed by atoms with Crippen LogP contribution >= 0.6 is 11.5 Å². The molecule has 2 atom stereocenters. The second-order valence-corrected chi connectivity index (χ2v) is 4.76. The van der Waals surface area contributed by atoms with E-state index in [0.717, 1.165) is 30.6 Å². The second kappa shape index (κ2) is 5.56. The number of hydrogen-bond acceptors (Lipinski definition) is 6. The number of anilines is 1. The zero-order chi connectivity index (χ0) is 11.4. The van der Waals surface area contributed by atoms with E-state index in [1.54, 1.807) is 0 Å². The van der Waals surface area contributed by atoms with Crippen molar-refractivity contribution in [3.63, 3.8) is 0 Å². The Morgan fingerprint density at radius 1 is 1.69 bits per heavy atom. The van der Waals surface area contributed by atoms with E-state index in [-0.39, 0.29) is 12.1 Å². The van der Waals surface area contributed by atoms with Crippen molar-refractivity contribution in [2.75, 3.05) is 25.1 Å². The van der Waals surface area contributed by atoms with Crippen LogP contribution in [0.2, 0.25) is 0 Å². The van der Waals surface area contributed by atoms with Crippen molar-refractivity contribution in [1.29, 1.82) is 0 Å². The van der Waals surface area contributed by atoms with E-state index in [0.29, 0.717) is 6.61 Å². The summed E-state index contributed by atoms with van der Waals surface area (Å²) < 4.78 is 15.1. The molecule has 1 fully saturated rings. The van der Waals surface area contributed by atoms with Crippen LogP contribution in [-0.4, -0.2) is 41.3 Å². The molecule has 6 heteroatoms. The van der Waals surface area contributed by atoms with E-state index in [2.05, 4.69) is 21.6 Å². The summed E-state index contributed by atoms with van der Waals surface area (Å²) in [6.07, 6.45) is 1.27. The van der Waals surface area contributed by atoms with Gasteiger partial charge in [0.25, 0.3) is 0 Å². The molecule has 2 heterocycles. The van der Waals surface area contributed by atoms with Gasteiger partial charge in [0.1, 0.15) is 5.82 Å². The van der Waals surface area contributed by atoms with Crippen LogP contribution in [0.5, 0.6) is 0 Å². The number of ether oxygens (including phenoxy) is 2. The summed E-state index contributed by atoms with van der Waals surface area (Å²) in [6.45, 7) is 6.19. The van der Waals surface area contributed by atoms with E-state index in [9.17, 15) is 0 Å². The summed E-state index contributed by atoms with van der Waals surface area (Å²) in [7, 11) is 0. The molecule has 1 aromatic rings. The third-order valence-electron chi connectivity index (χ3n) is 2.37. The van der Waals surface area contributed by atoms with Crippen LogP contribution in [0.25, 0.3) is 0 Å². The van der Waals surface area contributed by atoms with Gasteiger partial charge in [-0.15, -0.1) is 0 Å². The van der Waals surface area contributed by atoms with E-state index >= 15 is 0 Å². The molecule has 1 aliphatic rings. The molecule has 90 valence electrons. The van der Waals surface area contributed by atoms with Crippen LogP contribution in [0, 0.1) is 6.92 Å². The van der Waals surface area contributed by atoms with Gasteiger partial charge in [0.15, 0.2) is 0 Å². The van der Waals surface area contributed by atoms with Crippen molar-refractivity contribution in [1.82, 2.24) is 9.36 Å². The smallest absolute Gasteiger partial charge is 0.202 e. The van der Waals surface area contributed by atoms with Crippen LogP contribution in [0.1, 0.15) is 19.2 Å². The van der Waals surface area contributed by atoms with E-state index in [1.807, 2.05) is 6.92 Å². The lowest BCUT2D eigenvalue weighted by molar-refractivity contribution is 0.0395. The summed E-state index contributed by atoms with van der Waals surface area (Å²) in [6, 6.07) is 0.243. The zero-order valence-electron chi connectivity index (χ0n) is 9.60. The molecule has 2 rings (SSSR count). The fourth-order valence-corrected chi connectivity index (χ4v) is 2.22. The third kappa shape index (κ3) is 3.40. The Labute approximate surface area is 99.3 Å². The number of rotatable bonds is 5. The molecular formula is C10H17N3O2S. The predicted molar refractivity (Wildman–Crippen MR) is 62.9 cm³/mol. The highest BCUT2D eigenvalue weighted by Gasteiger charge is 2.17. The number of hydrogen-bond donors (Lipinski definition) is 1. The minimum Gasteiger partial charge on any atom is -0.379 e. The molecule has 0 aliphatic carbocycles. The molecule has 1 aliphatic heterocycles. The van der Waals surface area contributed by atoms with E-state index in [1.165, 1.54) is 11.5 Å². The lowest BCUT2D eigenvalue weighted by Gasteiger charge is -2.15. The average molecular weight is 243 g/mol. The second-order valence-electron chi connectivity index (χ2n) is 4.01. The van der Waals surface area contributed by atoms with Crippen LogP contribution in [0.4, 0.5) is 5.13 Å². The topological polar surface area (TPSA) is 56.3 Å². The molecule has 0 saturated carbocycles. The quantitative estimate of drug-likeness (QED) is 0.848. The van der Waals surface area contributed by atoms with Gasteiger partial charge >= 0.3 is 0 Å². The van der Waals surface area contributed by atoms with Gasteiger partial charge in [-0.2, -0.15) is 4.37 Å². The Morgan fingerprint density at radius 2 is 2.56 bits per heavy atom. The molecule has 0 amide bonds. The number of nitrogens with one attached hydrogen (secondary N) is 1. The normalized spacial score (nSPS) is 22.2. The molecule has 1 aromatic heterocycles. The molecule has 1 saturated heterocycles. The van der Waals surface area contributed by atoms with Crippen molar-refractivity contribution < 1.29 is 9.47 Å². The highest BCUT2D eigenvalue weighted by molar-refractivity contribution is 7.09. The summed E-state index contributed by atoms with van der Waals surface area (Å²) in [5.74, 6) is 0.810. The van der Waals surface area contributed by atoms with Gasteiger partial charge in [-0.05, 0) is 20.3 Å². The van der Waals surface area contributed by atoms with Crippen LogP contribution < -0.4 is 5.32 Å². The fraction of sp³-hybridized carbons (Fsp3) is 0.800. The Kier molecular flexibility index (Phi) is 4.09. The molecule has 0 radical (unpaired) electrons. The van der Waals surface area contributed by atoms with Crippen molar-refractivity contribution in [3.05, 3.63) is 5.82 Å². The number of aromatic nitrogens is 2. The summed E-state index contributed by atoms with van der Waals surface area (Å²) in [4.78, 5) is 4.25. The molecule has 16 heavy (non-hydrogen) atoms. The number of aryl methyl sites for hydroxylation is 1. The lowest BCUT2D eigenvalue weighted by Crippen LogP contribution is -2.25. The van der Waals surface area contributed by atoms with Crippen molar-refractivity contribution in [3.8, 4) is 0 Å². The first-order chi connectivity index (χ1) is 7.74. The summed E-state index contributed by atoms with van der Waals surface area (Å²) >= 11 is 1.38. The minimum atomic E-state index is 0.243. The first-order valence-corrected chi connectivity index (χ1v) is 6.27.